The Morgan fingerprint density at radius 1 is 1.07 bits per heavy atom. The molecule has 27 heavy (non-hydrogen) atoms. The van der Waals surface area contributed by atoms with Crippen LogP contribution in [0.1, 0.15) is 22.8 Å². The number of sulfone groups is 1. The van der Waals surface area contributed by atoms with Crippen molar-refractivity contribution in [3.8, 4) is 0 Å². The molecule has 1 aromatic rings. The Morgan fingerprint density at radius 3 is 1.96 bits per heavy atom. The van der Waals surface area contributed by atoms with Gasteiger partial charge in [-0.1, -0.05) is 22.9 Å². The van der Waals surface area contributed by atoms with Gasteiger partial charge in [0.25, 0.3) is 5.78 Å². The second-order valence-corrected chi connectivity index (χ2v) is 8.17. The fraction of sp³-hybridized carbons (Fsp3) is 0.429. The standard InChI is InChI=1S/C9H3BrF6O.C5H11NO3S/c10-6-2-4(7(17)9(14,15)16)1-5(3-6)8(11,12)13;1-3-10(8,9)4-5(7)6-2/h1-3H;3-4H2,1-2H3,(H,6,7). The summed E-state index contributed by atoms with van der Waals surface area (Å²) in [7, 11) is -1.73. The van der Waals surface area contributed by atoms with Crippen molar-refractivity contribution in [3.63, 3.8) is 0 Å². The molecule has 154 valence electrons. The van der Waals surface area contributed by atoms with Crippen molar-refractivity contribution in [1.82, 2.24) is 5.32 Å². The highest BCUT2D eigenvalue weighted by Crippen LogP contribution is 2.33. The van der Waals surface area contributed by atoms with Gasteiger partial charge >= 0.3 is 12.4 Å². The van der Waals surface area contributed by atoms with E-state index in [9.17, 15) is 44.3 Å². The zero-order valence-corrected chi connectivity index (χ0v) is 16.2. The first-order chi connectivity index (χ1) is 12.0. The number of nitrogens with one attached hydrogen (secondary N) is 1. The van der Waals surface area contributed by atoms with E-state index < -0.39 is 50.8 Å². The highest BCUT2D eigenvalue weighted by Gasteiger charge is 2.40. The highest BCUT2D eigenvalue weighted by atomic mass is 79.9. The Kier molecular flexibility index (Phi) is 8.96. The average Bonchev–Trinajstić information content (AvgIpc) is 2.52. The predicted octanol–water partition coefficient (Wildman–Crippen LogP) is 3.38. The van der Waals surface area contributed by atoms with E-state index in [4.69, 9.17) is 0 Å². The Bertz CT molecular complexity index is 790. The summed E-state index contributed by atoms with van der Waals surface area (Å²) in [4.78, 5) is 21.3. The van der Waals surface area contributed by atoms with Gasteiger partial charge in [-0.2, -0.15) is 26.3 Å². The van der Waals surface area contributed by atoms with Crippen molar-refractivity contribution < 1.29 is 44.3 Å². The van der Waals surface area contributed by atoms with E-state index >= 15 is 0 Å². The van der Waals surface area contributed by atoms with Gasteiger partial charge in [-0.15, -0.1) is 0 Å². The normalized spacial score (nSPS) is 12.0. The minimum atomic E-state index is -5.20. The molecule has 0 spiro atoms. The molecule has 0 fully saturated rings. The van der Waals surface area contributed by atoms with Crippen LogP contribution in [0.25, 0.3) is 0 Å². The first-order valence-corrected chi connectivity index (χ1v) is 9.55. The molecular weight excluding hydrogens is 472 g/mol. The molecule has 0 atom stereocenters. The predicted molar refractivity (Wildman–Crippen MR) is 87.9 cm³/mol. The molecule has 0 aliphatic carbocycles. The Labute approximate surface area is 159 Å². The minimum absolute atomic E-state index is 0.0143. The summed E-state index contributed by atoms with van der Waals surface area (Å²) in [5.41, 5.74) is -2.38. The van der Waals surface area contributed by atoms with Crippen LogP contribution in [0.3, 0.4) is 0 Å². The number of amides is 1. The van der Waals surface area contributed by atoms with E-state index in [1.54, 1.807) is 0 Å². The molecule has 13 heteroatoms. The molecule has 0 heterocycles. The lowest BCUT2D eigenvalue weighted by Crippen LogP contribution is -2.27. The van der Waals surface area contributed by atoms with Crippen LogP contribution in [-0.2, 0) is 20.8 Å². The molecule has 1 amide bonds. The molecule has 0 bridgehead atoms. The third kappa shape index (κ3) is 9.22. The SMILES string of the molecule is CCS(=O)(=O)CC(=O)NC.O=C(c1cc(Br)cc(C(F)(F)F)c1)C(F)(F)F. The number of benzene rings is 1. The summed E-state index contributed by atoms with van der Waals surface area (Å²) < 4.78 is 94.2. The highest BCUT2D eigenvalue weighted by molar-refractivity contribution is 9.10. The van der Waals surface area contributed by atoms with E-state index in [1.165, 1.54) is 14.0 Å². The van der Waals surface area contributed by atoms with Crippen LogP contribution in [0.5, 0.6) is 0 Å². The smallest absolute Gasteiger partial charge is 0.358 e. The van der Waals surface area contributed by atoms with Crippen LogP contribution in [0.4, 0.5) is 26.3 Å². The molecule has 5 nitrogen and oxygen atoms in total. The zero-order valence-electron chi connectivity index (χ0n) is 13.8. The lowest BCUT2D eigenvalue weighted by Gasteiger charge is -2.10. The maximum Gasteiger partial charge on any atom is 0.454 e. The van der Waals surface area contributed by atoms with Crippen molar-refractivity contribution in [2.45, 2.75) is 19.3 Å². The van der Waals surface area contributed by atoms with Gasteiger partial charge in [0, 0.05) is 22.8 Å². The molecule has 0 aliphatic rings. The van der Waals surface area contributed by atoms with Crippen LogP contribution in [0.15, 0.2) is 22.7 Å². The summed E-state index contributed by atoms with van der Waals surface area (Å²) >= 11 is 2.62. The maximum atomic E-state index is 12.3. The van der Waals surface area contributed by atoms with Crippen molar-refractivity contribution in [2.24, 2.45) is 0 Å². The molecule has 0 saturated carbocycles. The molecule has 0 unspecified atom stereocenters. The lowest BCUT2D eigenvalue weighted by atomic mass is 10.1. The summed E-state index contributed by atoms with van der Waals surface area (Å²) in [6, 6.07) is 1.44. The van der Waals surface area contributed by atoms with E-state index in [1.807, 2.05) is 0 Å². The first kappa shape index (κ1) is 25.4. The van der Waals surface area contributed by atoms with Crippen molar-refractivity contribution in [2.75, 3.05) is 18.6 Å². The van der Waals surface area contributed by atoms with E-state index in [0.717, 1.165) is 0 Å². The van der Waals surface area contributed by atoms with Crippen molar-refractivity contribution >= 4 is 37.5 Å². The number of ketones is 1. The summed E-state index contributed by atoms with van der Waals surface area (Å²) in [5.74, 6) is -3.16. The number of alkyl halides is 6. The molecule has 1 aromatic carbocycles. The van der Waals surface area contributed by atoms with Crippen molar-refractivity contribution in [3.05, 3.63) is 33.8 Å². The molecular formula is C14H14BrF6NO4S. The number of hydrogen-bond acceptors (Lipinski definition) is 4. The second-order valence-electron chi connectivity index (χ2n) is 4.90. The van der Waals surface area contributed by atoms with E-state index in [0.29, 0.717) is 12.1 Å². The number of hydrogen-bond donors (Lipinski definition) is 1. The van der Waals surface area contributed by atoms with Crippen LogP contribution in [0, 0.1) is 0 Å². The number of Topliss-reactive ketones (excluding diaryl/α,β-unsaturated/α-hetero) is 1. The summed E-state index contributed by atoms with van der Waals surface area (Å²) in [6.45, 7) is 1.51. The topological polar surface area (TPSA) is 80.3 Å². The van der Waals surface area contributed by atoms with Gasteiger partial charge in [0.15, 0.2) is 9.84 Å². The maximum absolute atomic E-state index is 12.3. The fourth-order valence-corrected chi connectivity index (χ4v) is 2.66. The Hall–Kier alpha value is -1.63. The third-order valence-corrected chi connectivity index (χ3v) is 4.85. The number of carbonyl (C=O) groups is 2. The number of rotatable bonds is 4. The van der Waals surface area contributed by atoms with Crippen molar-refractivity contribution in [1.29, 1.82) is 0 Å². The van der Waals surface area contributed by atoms with E-state index in [2.05, 4.69) is 21.2 Å². The molecule has 1 rings (SSSR count). The van der Waals surface area contributed by atoms with Crippen LogP contribution >= 0.6 is 15.9 Å². The molecule has 0 radical (unpaired) electrons. The van der Waals surface area contributed by atoms with E-state index in [-0.39, 0.29) is 16.3 Å². The van der Waals surface area contributed by atoms with Crippen LogP contribution in [0.2, 0.25) is 0 Å². The average molecular weight is 486 g/mol. The summed E-state index contributed by atoms with van der Waals surface area (Å²) in [6.07, 6.45) is -10.0. The van der Waals surface area contributed by atoms with Gasteiger partial charge in [-0.3, -0.25) is 9.59 Å². The van der Waals surface area contributed by atoms with Crippen LogP contribution in [-0.4, -0.2) is 44.8 Å². The molecule has 0 aromatic heterocycles. The third-order valence-electron chi connectivity index (χ3n) is 2.81. The van der Waals surface area contributed by atoms with Crippen LogP contribution < -0.4 is 5.32 Å². The quantitative estimate of drug-likeness (QED) is 0.523. The molecule has 1 N–H and O–H groups in total. The second kappa shape index (κ2) is 9.53. The lowest BCUT2D eigenvalue weighted by molar-refractivity contribution is -0.137. The molecule has 0 aliphatic heterocycles. The van der Waals surface area contributed by atoms with Gasteiger partial charge < -0.3 is 5.32 Å². The monoisotopic (exact) mass is 485 g/mol. The van der Waals surface area contributed by atoms with Gasteiger partial charge in [0.1, 0.15) is 5.75 Å². The minimum Gasteiger partial charge on any atom is -0.358 e. The van der Waals surface area contributed by atoms with Gasteiger partial charge in [0.2, 0.25) is 5.91 Å². The van der Waals surface area contributed by atoms with Gasteiger partial charge in [-0.25, -0.2) is 8.42 Å². The Morgan fingerprint density at radius 2 is 1.59 bits per heavy atom. The number of carbonyl (C=O) groups excluding carboxylic acids is 2. The fourth-order valence-electron chi connectivity index (χ4n) is 1.42. The number of halogens is 7. The molecule has 0 saturated heterocycles. The first-order valence-electron chi connectivity index (χ1n) is 6.93. The Balaban J connectivity index is 0.000000580. The van der Waals surface area contributed by atoms with Gasteiger partial charge in [-0.05, 0) is 18.2 Å². The summed E-state index contributed by atoms with van der Waals surface area (Å²) in [5, 5.41) is 2.24. The van der Waals surface area contributed by atoms with Gasteiger partial charge in [0.05, 0.1) is 5.56 Å². The zero-order chi connectivity index (χ0) is 21.6. The largest absolute Gasteiger partial charge is 0.454 e.